The van der Waals surface area contributed by atoms with Gasteiger partial charge in [-0.3, -0.25) is 0 Å². The fourth-order valence-electron chi connectivity index (χ4n) is 1.32. The first-order chi connectivity index (χ1) is 6.97. The smallest absolute Gasteiger partial charge is 0.337 e. The zero-order valence-electron chi connectivity index (χ0n) is 8.32. The molecule has 1 unspecified atom stereocenters. The Morgan fingerprint density at radius 3 is 2.53 bits per heavy atom. The van der Waals surface area contributed by atoms with E-state index in [2.05, 4.69) is 0 Å². The highest BCUT2D eigenvalue weighted by atomic mass is 19.1. The summed E-state index contributed by atoms with van der Waals surface area (Å²) in [6.45, 7) is 1.57. The van der Waals surface area contributed by atoms with Crippen molar-refractivity contribution in [2.45, 2.75) is 13.0 Å². The van der Waals surface area contributed by atoms with Gasteiger partial charge >= 0.3 is 5.97 Å². The minimum atomic E-state index is -1.72. The Bertz CT molecular complexity index is 366. The fourth-order valence-corrected chi connectivity index (χ4v) is 1.32. The van der Waals surface area contributed by atoms with Gasteiger partial charge < -0.3 is 14.9 Å². The number of carboxylic acids is 1. The lowest BCUT2D eigenvalue weighted by Crippen LogP contribution is -2.11. The summed E-state index contributed by atoms with van der Waals surface area (Å²) in [5, 5.41) is 17.7. The van der Waals surface area contributed by atoms with Gasteiger partial charge in [-0.2, -0.15) is 0 Å². The largest absolute Gasteiger partial charge is 0.493 e. The quantitative estimate of drug-likeness (QED) is 0.794. The molecule has 4 nitrogen and oxygen atoms in total. The molecule has 0 fully saturated rings. The molecule has 0 aromatic heterocycles. The maximum atomic E-state index is 13.3. The number of rotatable bonds is 3. The van der Waals surface area contributed by atoms with Crippen LogP contribution >= 0.6 is 0 Å². The number of methoxy groups -OCH3 is 1. The number of aliphatic hydroxyl groups excluding tert-OH is 1. The second kappa shape index (κ2) is 4.27. The summed E-state index contributed by atoms with van der Waals surface area (Å²) in [7, 11) is 1.32. The Kier molecular flexibility index (Phi) is 3.26. The van der Waals surface area contributed by atoms with Crippen molar-refractivity contribution in [2.75, 3.05) is 7.11 Å². The molecule has 0 saturated carbocycles. The number of carboxylic acid groups (broad SMARTS) is 1. The number of halogens is 1. The lowest BCUT2D eigenvalue weighted by atomic mass is 10.1. The molecule has 1 aromatic rings. The van der Waals surface area contributed by atoms with Crippen LogP contribution < -0.4 is 4.74 Å². The highest BCUT2D eigenvalue weighted by Gasteiger charge is 2.19. The minimum absolute atomic E-state index is 0.00157. The molecule has 0 saturated heterocycles. The second-order valence-corrected chi connectivity index (χ2v) is 3.09. The standard InChI is InChI=1S/C10H11FO4/c1-5-3-6(8(12)10(13)14)4-7(11)9(5)15-2/h3-4,8,12H,1-2H3,(H,13,14). The Morgan fingerprint density at radius 2 is 2.13 bits per heavy atom. The Labute approximate surface area is 85.9 Å². The van der Waals surface area contributed by atoms with Crippen LogP contribution in [0, 0.1) is 12.7 Å². The lowest BCUT2D eigenvalue weighted by Gasteiger charge is -2.10. The molecule has 2 N–H and O–H groups in total. The first-order valence-electron chi connectivity index (χ1n) is 4.22. The third kappa shape index (κ3) is 2.24. The van der Waals surface area contributed by atoms with Crippen molar-refractivity contribution in [2.24, 2.45) is 0 Å². The van der Waals surface area contributed by atoms with E-state index >= 15 is 0 Å². The molecular formula is C10H11FO4. The fraction of sp³-hybridized carbons (Fsp3) is 0.300. The van der Waals surface area contributed by atoms with Crippen LogP contribution in [0.1, 0.15) is 17.2 Å². The van der Waals surface area contributed by atoms with Crippen molar-refractivity contribution in [3.05, 3.63) is 29.1 Å². The van der Waals surface area contributed by atoms with Gasteiger partial charge in [0.05, 0.1) is 7.11 Å². The van der Waals surface area contributed by atoms with Crippen LogP contribution in [0.5, 0.6) is 5.75 Å². The summed E-state index contributed by atoms with van der Waals surface area (Å²) in [6.07, 6.45) is -1.72. The first-order valence-corrected chi connectivity index (χ1v) is 4.22. The van der Waals surface area contributed by atoms with Gasteiger partial charge in [0, 0.05) is 0 Å². The van der Waals surface area contributed by atoms with Crippen molar-refractivity contribution >= 4 is 5.97 Å². The maximum absolute atomic E-state index is 13.3. The number of carbonyl (C=O) groups is 1. The topological polar surface area (TPSA) is 66.8 Å². The molecule has 0 spiro atoms. The van der Waals surface area contributed by atoms with E-state index in [-0.39, 0.29) is 11.3 Å². The lowest BCUT2D eigenvalue weighted by molar-refractivity contribution is -0.146. The van der Waals surface area contributed by atoms with Gasteiger partial charge in [0.1, 0.15) is 0 Å². The van der Waals surface area contributed by atoms with Gasteiger partial charge in [0.2, 0.25) is 0 Å². The predicted molar refractivity (Wildman–Crippen MR) is 50.3 cm³/mol. The van der Waals surface area contributed by atoms with Crippen LogP contribution in [0.15, 0.2) is 12.1 Å². The number of hydrogen-bond donors (Lipinski definition) is 2. The van der Waals surface area contributed by atoms with E-state index in [0.29, 0.717) is 5.56 Å². The van der Waals surface area contributed by atoms with Crippen LogP contribution in [-0.2, 0) is 4.79 Å². The minimum Gasteiger partial charge on any atom is -0.493 e. The van der Waals surface area contributed by atoms with Crippen molar-refractivity contribution in [3.8, 4) is 5.75 Å². The van der Waals surface area contributed by atoms with E-state index in [1.165, 1.54) is 13.2 Å². The maximum Gasteiger partial charge on any atom is 0.337 e. The molecule has 1 aromatic carbocycles. The van der Waals surface area contributed by atoms with Crippen molar-refractivity contribution in [3.63, 3.8) is 0 Å². The van der Waals surface area contributed by atoms with Gasteiger partial charge in [0.25, 0.3) is 0 Å². The number of ether oxygens (including phenoxy) is 1. The first kappa shape index (κ1) is 11.5. The van der Waals surface area contributed by atoms with Crippen molar-refractivity contribution in [1.29, 1.82) is 0 Å². The summed E-state index contributed by atoms with van der Waals surface area (Å²) in [5.74, 6) is -2.05. The SMILES string of the molecule is COc1c(C)cc(C(O)C(=O)O)cc1F. The average Bonchev–Trinajstić information content (AvgIpc) is 2.15. The third-order valence-electron chi connectivity index (χ3n) is 2.01. The van der Waals surface area contributed by atoms with E-state index in [4.69, 9.17) is 9.84 Å². The van der Waals surface area contributed by atoms with Gasteiger partial charge in [-0.1, -0.05) is 0 Å². The third-order valence-corrected chi connectivity index (χ3v) is 2.01. The number of hydrogen-bond acceptors (Lipinski definition) is 3. The molecule has 5 heteroatoms. The molecule has 1 atom stereocenters. The van der Waals surface area contributed by atoms with Crippen molar-refractivity contribution < 1.29 is 24.1 Å². The van der Waals surface area contributed by atoms with E-state index in [9.17, 15) is 14.3 Å². The molecule has 0 aliphatic rings. The molecule has 0 heterocycles. The van der Waals surface area contributed by atoms with Crippen LogP contribution in [0.3, 0.4) is 0 Å². The van der Waals surface area contributed by atoms with E-state index in [1.807, 2.05) is 0 Å². The molecule has 0 aliphatic heterocycles. The summed E-state index contributed by atoms with van der Waals surface area (Å²) in [4.78, 5) is 10.5. The Hall–Kier alpha value is -1.62. The molecule has 15 heavy (non-hydrogen) atoms. The van der Waals surface area contributed by atoms with E-state index in [0.717, 1.165) is 6.07 Å². The normalized spacial score (nSPS) is 12.3. The molecule has 0 radical (unpaired) electrons. The molecular weight excluding hydrogens is 203 g/mol. The van der Waals surface area contributed by atoms with Crippen LogP contribution in [-0.4, -0.2) is 23.3 Å². The molecule has 82 valence electrons. The van der Waals surface area contributed by atoms with Crippen LogP contribution in [0.2, 0.25) is 0 Å². The molecule has 0 bridgehead atoms. The Balaban J connectivity index is 3.19. The van der Waals surface area contributed by atoms with Gasteiger partial charge in [-0.25, -0.2) is 9.18 Å². The average molecular weight is 214 g/mol. The summed E-state index contributed by atoms with van der Waals surface area (Å²) in [5.41, 5.74) is 0.436. The number of aliphatic hydroxyl groups is 1. The monoisotopic (exact) mass is 214 g/mol. The molecule has 1 rings (SSSR count). The highest BCUT2D eigenvalue weighted by Crippen LogP contribution is 2.26. The van der Waals surface area contributed by atoms with Gasteiger partial charge in [0.15, 0.2) is 17.7 Å². The molecule has 0 amide bonds. The second-order valence-electron chi connectivity index (χ2n) is 3.09. The molecule has 0 aliphatic carbocycles. The summed E-state index contributed by atoms with van der Waals surface area (Å²) in [6, 6.07) is 2.32. The van der Waals surface area contributed by atoms with Crippen molar-refractivity contribution in [1.82, 2.24) is 0 Å². The number of aryl methyl sites for hydroxylation is 1. The van der Waals surface area contributed by atoms with Crippen LogP contribution in [0.4, 0.5) is 4.39 Å². The van der Waals surface area contributed by atoms with Gasteiger partial charge in [-0.15, -0.1) is 0 Å². The Morgan fingerprint density at radius 1 is 1.53 bits per heavy atom. The number of aliphatic carboxylic acids is 1. The van der Waals surface area contributed by atoms with Gasteiger partial charge in [-0.05, 0) is 30.2 Å². The zero-order chi connectivity index (χ0) is 11.6. The number of benzene rings is 1. The zero-order valence-corrected chi connectivity index (χ0v) is 8.32. The van der Waals surface area contributed by atoms with E-state index in [1.54, 1.807) is 6.92 Å². The predicted octanol–water partition coefficient (Wildman–Crippen LogP) is 1.26. The van der Waals surface area contributed by atoms with E-state index < -0.39 is 17.9 Å². The summed E-state index contributed by atoms with van der Waals surface area (Å²) >= 11 is 0. The van der Waals surface area contributed by atoms with Crippen LogP contribution in [0.25, 0.3) is 0 Å². The summed E-state index contributed by atoms with van der Waals surface area (Å²) < 4.78 is 18.1. The highest BCUT2D eigenvalue weighted by molar-refractivity contribution is 5.74.